The number of methoxy groups -OCH3 is 1. The second-order valence-electron chi connectivity index (χ2n) is 2.66. The molecule has 0 aliphatic rings. The molecule has 0 aliphatic heterocycles. The van der Waals surface area contributed by atoms with Gasteiger partial charge in [-0.1, -0.05) is 5.16 Å². The van der Waals surface area contributed by atoms with E-state index in [4.69, 9.17) is 5.21 Å². The number of aryl methyl sites for hydroxylation is 1. The molecule has 0 atom stereocenters. The van der Waals surface area contributed by atoms with Crippen LogP contribution >= 0.6 is 0 Å². The van der Waals surface area contributed by atoms with Gasteiger partial charge >= 0.3 is 5.97 Å². The molecule has 5 heteroatoms. The molecule has 1 aromatic rings. The van der Waals surface area contributed by atoms with Crippen molar-refractivity contribution < 1.29 is 14.7 Å². The zero-order valence-corrected chi connectivity index (χ0v) is 7.89. The Morgan fingerprint density at radius 1 is 1.71 bits per heavy atom. The number of aromatic nitrogens is 1. The highest BCUT2D eigenvalue weighted by Gasteiger charge is 2.09. The van der Waals surface area contributed by atoms with Crippen molar-refractivity contribution in [3.8, 4) is 0 Å². The smallest absolute Gasteiger partial charge is 0.339 e. The van der Waals surface area contributed by atoms with E-state index in [-0.39, 0.29) is 0 Å². The summed E-state index contributed by atoms with van der Waals surface area (Å²) in [6.45, 7) is 1.75. The predicted octanol–water partition coefficient (Wildman–Crippen LogP) is 0.985. The highest BCUT2D eigenvalue weighted by Crippen LogP contribution is 2.08. The lowest BCUT2D eigenvalue weighted by molar-refractivity contribution is 0.0599. The normalized spacial score (nSPS) is 10.4. The van der Waals surface area contributed by atoms with E-state index in [1.165, 1.54) is 19.5 Å². The number of ether oxygens (including phenoxy) is 1. The first-order chi connectivity index (χ1) is 6.69. The van der Waals surface area contributed by atoms with Crippen molar-refractivity contribution in [3.63, 3.8) is 0 Å². The molecule has 1 rings (SSSR count). The topological polar surface area (TPSA) is 71.8 Å². The number of esters is 1. The van der Waals surface area contributed by atoms with E-state index in [1.54, 1.807) is 13.0 Å². The molecule has 1 N–H and O–H groups in total. The molecule has 0 bridgehead atoms. The molecule has 0 unspecified atom stereocenters. The van der Waals surface area contributed by atoms with Crippen molar-refractivity contribution in [3.05, 3.63) is 29.1 Å². The third-order valence-corrected chi connectivity index (χ3v) is 1.73. The molecule has 0 saturated carbocycles. The summed E-state index contributed by atoms with van der Waals surface area (Å²) in [5, 5.41) is 11.1. The van der Waals surface area contributed by atoms with Crippen LogP contribution in [0.25, 0.3) is 0 Å². The van der Waals surface area contributed by atoms with Gasteiger partial charge in [-0.25, -0.2) is 4.79 Å². The molecular formula is C9H10N2O3. The summed E-state index contributed by atoms with van der Waals surface area (Å²) in [5.74, 6) is -0.428. The highest BCUT2D eigenvalue weighted by molar-refractivity contribution is 5.91. The van der Waals surface area contributed by atoms with Gasteiger partial charge in [-0.15, -0.1) is 0 Å². The third-order valence-electron chi connectivity index (χ3n) is 1.73. The Morgan fingerprint density at radius 2 is 2.43 bits per heavy atom. The van der Waals surface area contributed by atoms with Crippen LogP contribution in [-0.2, 0) is 4.74 Å². The van der Waals surface area contributed by atoms with Crippen LogP contribution < -0.4 is 0 Å². The van der Waals surface area contributed by atoms with E-state index in [0.29, 0.717) is 11.3 Å². The summed E-state index contributed by atoms with van der Waals surface area (Å²) in [5.41, 5.74) is 1.61. The Morgan fingerprint density at radius 3 is 2.93 bits per heavy atom. The first-order valence-electron chi connectivity index (χ1n) is 3.91. The lowest BCUT2D eigenvalue weighted by Crippen LogP contribution is -2.05. The van der Waals surface area contributed by atoms with Gasteiger partial charge in [-0.3, -0.25) is 4.98 Å². The Labute approximate surface area is 81.0 Å². The molecular weight excluding hydrogens is 184 g/mol. The molecule has 1 aromatic heterocycles. The van der Waals surface area contributed by atoms with Crippen molar-refractivity contribution >= 4 is 12.2 Å². The van der Waals surface area contributed by atoms with Gasteiger partial charge in [0.15, 0.2) is 0 Å². The molecule has 0 amide bonds. The van der Waals surface area contributed by atoms with Gasteiger partial charge in [0.25, 0.3) is 0 Å². The van der Waals surface area contributed by atoms with Crippen LogP contribution in [-0.4, -0.2) is 29.5 Å². The van der Waals surface area contributed by atoms with Gasteiger partial charge in [-0.05, 0) is 18.6 Å². The number of rotatable bonds is 2. The summed E-state index contributed by atoms with van der Waals surface area (Å²) in [6.07, 6.45) is 2.58. The maximum atomic E-state index is 11.2. The van der Waals surface area contributed by atoms with E-state index in [1.807, 2.05) is 0 Å². The molecule has 74 valence electrons. The first-order valence-corrected chi connectivity index (χ1v) is 3.91. The number of hydrogen-bond donors (Lipinski definition) is 1. The Balaban J connectivity index is 3.07. The molecule has 0 aliphatic carbocycles. The molecule has 5 nitrogen and oxygen atoms in total. The minimum atomic E-state index is -0.428. The van der Waals surface area contributed by atoms with Crippen LogP contribution in [0.5, 0.6) is 0 Å². The molecule has 0 spiro atoms. The number of nitrogens with zero attached hydrogens (tertiary/aromatic N) is 2. The standard InChI is InChI=1S/C9H10N2O3/c1-6-3-7(4-11-13)10-5-8(6)9(12)14-2/h3-5,13H,1-2H3. The second-order valence-corrected chi connectivity index (χ2v) is 2.66. The highest BCUT2D eigenvalue weighted by atomic mass is 16.5. The van der Waals surface area contributed by atoms with Crippen molar-refractivity contribution in [2.45, 2.75) is 6.92 Å². The van der Waals surface area contributed by atoms with Gasteiger partial charge in [0.2, 0.25) is 0 Å². The van der Waals surface area contributed by atoms with Gasteiger partial charge in [0.05, 0.1) is 24.6 Å². The Bertz CT molecular complexity index is 374. The fourth-order valence-corrected chi connectivity index (χ4v) is 1.03. The van der Waals surface area contributed by atoms with Crippen LogP contribution in [0, 0.1) is 6.92 Å². The molecule has 0 saturated heterocycles. The molecule has 0 radical (unpaired) electrons. The average Bonchev–Trinajstić information content (AvgIpc) is 2.17. The molecule has 14 heavy (non-hydrogen) atoms. The quantitative estimate of drug-likeness (QED) is 0.330. The zero-order chi connectivity index (χ0) is 10.6. The number of carbonyl (C=O) groups excluding carboxylic acids is 1. The Hall–Kier alpha value is -1.91. The van der Waals surface area contributed by atoms with Crippen molar-refractivity contribution in [2.24, 2.45) is 5.16 Å². The summed E-state index contributed by atoms with van der Waals surface area (Å²) in [7, 11) is 1.31. The van der Waals surface area contributed by atoms with E-state index >= 15 is 0 Å². The summed E-state index contributed by atoms with van der Waals surface area (Å²) >= 11 is 0. The van der Waals surface area contributed by atoms with Gasteiger partial charge < -0.3 is 9.94 Å². The summed E-state index contributed by atoms with van der Waals surface area (Å²) in [6, 6.07) is 1.63. The van der Waals surface area contributed by atoms with E-state index in [2.05, 4.69) is 14.9 Å². The predicted molar refractivity (Wildman–Crippen MR) is 49.7 cm³/mol. The maximum absolute atomic E-state index is 11.2. The lowest BCUT2D eigenvalue weighted by Gasteiger charge is -2.02. The van der Waals surface area contributed by atoms with Gasteiger partial charge in [-0.2, -0.15) is 0 Å². The van der Waals surface area contributed by atoms with Gasteiger partial charge in [0, 0.05) is 6.20 Å². The van der Waals surface area contributed by atoms with Crippen LogP contribution in [0.3, 0.4) is 0 Å². The summed E-state index contributed by atoms with van der Waals surface area (Å²) in [4.78, 5) is 15.0. The number of carbonyl (C=O) groups is 1. The van der Waals surface area contributed by atoms with Crippen molar-refractivity contribution in [1.29, 1.82) is 0 Å². The second kappa shape index (κ2) is 4.36. The average molecular weight is 194 g/mol. The van der Waals surface area contributed by atoms with E-state index in [0.717, 1.165) is 5.56 Å². The largest absolute Gasteiger partial charge is 0.465 e. The zero-order valence-electron chi connectivity index (χ0n) is 7.89. The first kappa shape index (κ1) is 10.2. The number of hydrogen-bond acceptors (Lipinski definition) is 5. The molecule has 0 fully saturated rings. The lowest BCUT2D eigenvalue weighted by atomic mass is 10.1. The van der Waals surface area contributed by atoms with E-state index < -0.39 is 5.97 Å². The minimum Gasteiger partial charge on any atom is -0.465 e. The van der Waals surface area contributed by atoms with Gasteiger partial charge in [0.1, 0.15) is 0 Å². The SMILES string of the molecule is COC(=O)c1cnc(C=NO)cc1C. The van der Waals surface area contributed by atoms with Crippen LogP contribution in [0.1, 0.15) is 21.6 Å². The Kier molecular flexibility index (Phi) is 3.17. The molecule has 1 heterocycles. The van der Waals surface area contributed by atoms with Crippen molar-refractivity contribution in [1.82, 2.24) is 4.98 Å². The maximum Gasteiger partial charge on any atom is 0.339 e. The summed E-state index contributed by atoms with van der Waals surface area (Å²) < 4.78 is 4.55. The van der Waals surface area contributed by atoms with Crippen LogP contribution in [0.4, 0.5) is 0 Å². The monoisotopic (exact) mass is 194 g/mol. The van der Waals surface area contributed by atoms with E-state index in [9.17, 15) is 4.79 Å². The third kappa shape index (κ3) is 2.07. The molecule has 0 aromatic carbocycles. The van der Waals surface area contributed by atoms with Crippen LogP contribution in [0.2, 0.25) is 0 Å². The number of oxime groups is 1. The fourth-order valence-electron chi connectivity index (χ4n) is 1.03. The van der Waals surface area contributed by atoms with Crippen LogP contribution in [0.15, 0.2) is 17.4 Å². The minimum absolute atomic E-state index is 0.405. The van der Waals surface area contributed by atoms with Crippen molar-refractivity contribution in [2.75, 3.05) is 7.11 Å². The number of pyridine rings is 1. The fraction of sp³-hybridized carbons (Fsp3) is 0.222.